The van der Waals surface area contributed by atoms with Crippen LogP contribution in [0.15, 0.2) is 12.2 Å². The highest BCUT2D eigenvalue weighted by Gasteiger charge is 2.23. The normalized spacial score (nSPS) is 21.0. The molecule has 0 saturated heterocycles. The van der Waals surface area contributed by atoms with E-state index < -0.39 is 0 Å². The summed E-state index contributed by atoms with van der Waals surface area (Å²) in [6.45, 7) is 1.40. The van der Waals surface area contributed by atoms with Crippen LogP contribution in [0.25, 0.3) is 0 Å². The van der Waals surface area contributed by atoms with Gasteiger partial charge in [-0.2, -0.15) is 0 Å². The second-order valence-corrected chi connectivity index (χ2v) is 3.03. The lowest BCUT2D eigenvalue weighted by molar-refractivity contribution is -0.143. The highest BCUT2D eigenvalue weighted by molar-refractivity contribution is 5.95. The number of hydrogen-bond acceptors (Lipinski definition) is 2. The molecule has 0 bridgehead atoms. The van der Waals surface area contributed by atoms with Crippen LogP contribution in [-0.4, -0.2) is 23.8 Å². The van der Waals surface area contributed by atoms with Gasteiger partial charge in [0.2, 0.25) is 11.8 Å². The van der Waals surface area contributed by atoms with Crippen LogP contribution in [0, 0.1) is 5.92 Å². The van der Waals surface area contributed by atoms with Crippen LogP contribution in [0.4, 0.5) is 0 Å². The molecule has 1 atom stereocenters. The zero-order chi connectivity index (χ0) is 9.14. The van der Waals surface area contributed by atoms with Gasteiger partial charge in [-0.3, -0.25) is 14.5 Å². The molecular weight excluding hydrogens is 154 g/mol. The van der Waals surface area contributed by atoms with Gasteiger partial charge < -0.3 is 0 Å². The van der Waals surface area contributed by atoms with Gasteiger partial charge >= 0.3 is 0 Å². The van der Waals surface area contributed by atoms with Crippen molar-refractivity contribution >= 4 is 11.8 Å². The van der Waals surface area contributed by atoms with Crippen molar-refractivity contribution in [3.63, 3.8) is 0 Å². The summed E-state index contributed by atoms with van der Waals surface area (Å²) in [5.74, 6) is -0.351. The lowest BCUT2D eigenvalue weighted by Crippen LogP contribution is -2.34. The average Bonchev–Trinajstić information content (AvgIpc) is 2.53. The fraction of sp³-hybridized carbons (Fsp3) is 0.556. The zero-order valence-corrected chi connectivity index (χ0v) is 7.41. The summed E-state index contributed by atoms with van der Waals surface area (Å²) in [4.78, 5) is 23.4. The van der Waals surface area contributed by atoms with Crippen molar-refractivity contribution in [1.29, 1.82) is 0 Å². The monoisotopic (exact) mass is 167 g/mol. The molecule has 1 rings (SSSR count). The second kappa shape index (κ2) is 3.52. The van der Waals surface area contributed by atoms with Crippen LogP contribution in [0.5, 0.6) is 0 Å². The number of nitrogens with zero attached hydrogens (tertiary/aromatic N) is 1. The maximum Gasteiger partial charge on any atom is 0.235 e. The minimum absolute atomic E-state index is 0.0705. The first kappa shape index (κ1) is 8.97. The molecular formula is C9H13NO2. The van der Waals surface area contributed by atoms with Crippen molar-refractivity contribution < 1.29 is 9.59 Å². The average molecular weight is 167 g/mol. The number of allylic oxidation sites excluding steroid dienone is 1. The Morgan fingerprint density at radius 3 is 2.58 bits per heavy atom. The number of amides is 2. The summed E-state index contributed by atoms with van der Waals surface area (Å²) in [5.41, 5.74) is 0. The molecule has 0 aromatic carbocycles. The van der Waals surface area contributed by atoms with Crippen molar-refractivity contribution in [2.75, 3.05) is 7.05 Å². The Bertz CT molecular complexity index is 229. The summed E-state index contributed by atoms with van der Waals surface area (Å²) in [7, 11) is 1.52. The van der Waals surface area contributed by atoms with Gasteiger partial charge in [-0.05, 0) is 12.8 Å². The summed E-state index contributed by atoms with van der Waals surface area (Å²) in [6.07, 6.45) is 5.65. The minimum atomic E-state index is -0.194. The van der Waals surface area contributed by atoms with Gasteiger partial charge in [-0.1, -0.05) is 12.2 Å². The van der Waals surface area contributed by atoms with Crippen LogP contribution < -0.4 is 0 Å². The fourth-order valence-corrected chi connectivity index (χ4v) is 1.24. The largest absolute Gasteiger partial charge is 0.286 e. The zero-order valence-electron chi connectivity index (χ0n) is 7.41. The standard InChI is InChI=1S/C9H13NO2/c1-7(11)10(2)9(12)8-5-3-4-6-8/h3,5,8H,4,6H2,1-2H3. The van der Waals surface area contributed by atoms with Crippen LogP contribution in [0.3, 0.4) is 0 Å². The van der Waals surface area contributed by atoms with E-state index in [-0.39, 0.29) is 17.7 Å². The molecule has 3 nitrogen and oxygen atoms in total. The first-order valence-corrected chi connectivity index (χ1v) is 4.07. The molecule has 1 unspecified atom stereocenters. The van der Waals surface area contributed by atoms with Crippen molar-refractivity contribution in [3.05, 3.63) is 12.2 Å². The number of hydrogen-bond donors (Lipinski definition) is 0. The number of rotatable bonds is 1. The molecule has 12 heavy (non-hydrogen) atoms. The van der Waals surface area contributed by atoms with Crippen molar-refractivity contribution in [2.45, 2.75) is 19.8 Å². The molecule has 1 aliphatic rings. The van der Waals surface area contributed by atoms with E-state index in [4.69, 9.17) is 0 Å². The lowest BCUT2D eigenvalue weighted by Gasteiger charge is -2.16. The number of carbonyl (C=O) groups excluding carboxylic acids is 2. The first-order chi connectivity index (χ1) is 5.63. The highest BCUT2D eigenvalue weighted by atomic mass is 16.2. The maximum absolute atomic E-state index is 11.4. The Labute approximate surface area is 72.0 Å². The Kier molecular flexibility index (Phi) is 2.63. The fourth-order valence-electron chi connectivity index (χ4n) is 1.24. The second-order valence-electron chi connectivity index (χ2n) is 3.03. The van der Waals surface area contributed by atoms with Gasteiger partial charge in [-0.15, -0.1) is 0 Å². The predicted molar refractivity (Wildman–Crippen MR) is 45.3 cm³/mol. The Morgan fingerprint density at radius 1 is 1.50 bits per heavy atom. The summed E-state index contributed by atoms with van der Waals surface area (Å²) in [5, 5.41) is 0. The molecule has 2 amide bonds. The third-order valence-electron chi connectivity index (χ3n) is 2.13. The maximum atomic E-state index is 11.4. The number of imide groups is 1. The van der Waals surface area contributed by atoms with Gasteiger partial charge in [-0.25, -0.2) is 0 Å². The van der Waals surface area contributed by atoms with Crippen molar-refractivity contribution in [1.82, 2.24) is 4.90 Å². The molecule has 0 aromatic rings. The molecule has 0 aromatic heterocycles. The molecule has 0 spiro atoms. The van der Waals surface area contributed by atoms with Crippen LogP contribution in [0.1, 0.15) is 19.8 Å². The minimum Gasteiger partial charge on any atom is -0.286 e. The smallest absolute Gasteiger partial charge is 0.235 e. The highest BCUT2D eigenvalue weighted by Crippen LogP contribution is 2.18. The van der Waals surface area contributed by atoms with E-state index in [2.05, 4.69) is 0 Å². The molecule has 0 N–H and O–H groups in total. The topological polar surface area (TPSA) is 37.4 Å². The van der Waals surface area contributed by atoms with E-state index in [0.29, 0.717) is 0 Å². The third kappa shape index (κ3) is 1.72. The number of carbonyl (C=O) groups is 2. The van der Waals surface area contributed by atoms with Crippen molar-refractivity contribution in [3.8, 4) is 0 Å². The third-order valence-corrected chi connectivity index (χ3v) is 2.13. The quantitative estimate of drug-likeness (QED) is 0.545. The van der Waals surface area contributed by atoms with Gasteiger partial charge in [0.1, 0.15) is 0 Å². The summed E-state index contributed by atoms with van der Waals surface area (Å²) < 4.78 is 0. The van der Waals surface area contributed by atoms with Crippen LogP contribution in [0.2, 0.25) is 0 Å². The SMILES string of the molecule is CC(=O)N(C)C(=O)C1C=CCC1. The molecule has 1 aliphatic carbocycles. The molecule has 66 valence electrons. The van der Waals surface area contributed by atoms with Crippen LogP contribution in [-0.2, 0) is 9.59 Å². The molecule has 0 saturated carbocycles. The van der Waals surface area contributed by atoms with Crippen LogP contribution >= 0.6 is 0 Å². The summed E-state index contributed by atoms with van der Waals surface area (Å²) in [6, 6.07) is 0. The van der Waals surface area contributed by atoms with Gasteiger partial charge in [0, 0.05) is 14.0 Å². The predicted octanol–water partition coefficient (Wildman–Crippen LogP) is 0.958. The van der Waals surface area contributed by atoms with Gasteiger partial charge in [0.05, 0.1) is 5.92 Å². The lowest BCUT2D eigenvalue weighted by atomic mass is 10.1. The van der Waals surface area contributed by atoms with Gasteiger partial charge in [0.15, 0.2) is 0 Å². The molecule has 3 heteroatoms. The van der Waals surface area contributed by atoms with E-state index in [1.54, 1.807) is 0 Å². The van der Waals surface area contributed by atoms with Gasteiger partial charge in [0.25, 0.3) is 0 Å². The Morgan fingerprint density at radius 2 is 2.17 bits per heavy atom. The first-order valence-electron chi connectivity index (χ1n) is 4.07. The van der Waals surface area contributed by atoms with E-state index in [1.807, 2.05) is 12.2 Å². The van der Waals surface area contributed by atoms with Crippen molar-refractivity contribution in [2.24, 2.45) is 5.92 Å². The van der Waals surface area contributed by atoms with E-state index in [1.165, 1.54) is 18.9 Å². The molecule has 0 aliphatic heterocycles. The Balaban J connectivity index is 2.57. The van der Waals surface area contributed by atoms with E-state index in [0.717, 1.165) is 12.8 Å². The Hall–Kier alpha value is -1.12. The van der Waals surface area contributed by atoms with E-state index in [9.17, 15) is 9.59 Å². The molecule has 0 fully saturated rings. The summed E-state index contributed by atoms with van der Waals surface area (Å²) >= 11 is 0. The molecule has 0 heterocycles. The van der Waals surface area contributed by atoms with E-state index >= 15 is 0 Å². The molecule has 0 radical (unpaired) electrons.